The molecule has 0 heterocycles. The van der Waals surface area contributed by atoms with Gasteiger partial charge in [-0.05, 0) is 42.5 Å². The average molecular weight is 359 g/mol. The summed E-state index contributed by atoms with van der Waals surface area (Å²) < 4.78 is 26.8. The third-order valence-corrected chi connectivity index (χ3v) is 4.62. The molecule has 0 saturated carbocycles. The van der Waals surface area contributed by atoms with E-state index in [-0.39, 0.29) is 21.5 Å². The van der Waals surface area contributed by atoms with Crippen molar-refractivity contribution >= 4 is 50.5 Å². The Bertz CT molecular complexity index is 805. The molecular formula is C14H12Cl2N2O3S. The number of hydrogen-bond acceptors (Lipinski definition) is 3. The number of carbonyl (C=O) groups is 1. The highest BCUT2D eigenvalue weighted by molar-refractivity contribution is 7.92. The zero-order chi connectivity index (χ0) is 16.3. The highest BCUT2D eigenvalue weighted by Crippen LogP contribution is 2.27. The first kappa shape index (κ1) is 16.6. The zero-order valence-electron chi connectivity index (χ0n) is 11.4. The minimum atomic E-state index is -3.74. The summed E-state index contributed by atoms with van der Waals surface area (Å²) in [6.45, 7) is 1.35. The van der Waals surface area contributed by atoms with Crippen molar-refractivity contribution in [3.8, 4) is 0 Å². The van der Waals surface area contributed by atoms with Gasteiger partial charge in [-0.3, -0.25) is 9.52 Å². The summed E-state index contributed by atoms with van der Waals surface area (Å²) in [5, 5.41) is 3.21. The maximum atomic E-state index is 12.2. The molecule has 0 spiro atoms. The normalized spacial score (nSPS) is 11.0. The van der Waals surface area contributed by atoms with E-state index < -0.39 is 10.0 Å². The van der Waals surface area contributed by atoms with E-state index in [1.807, 2.05) is 0 Å². The first-order valence-corrected chi connectivity index (χ1v) is 8.37. The van der Waals surface area contributed by atoms with Crippen LogP contribution >= 0.6 is 23.2 Å². The van der Waals surface area contributed by atoms with E-state index in [4.69, 9.17) is 23.2 Å². The van der Waals surface area contributed by atoms with Crippen LogP contribution in [0.1, 0.15) is 6.92 Å². The maximum Gasteiger partial charge on any atom is 0.261 e. The molecule has 0 bridgehead atoms. The number of benzene rings is 2. The summed E-state index contributed by atoms with van der Waals surface area (Å²) in [5.41, 5.74) is 0.692. The van der Waals surface area contributed by atoms with Crippen LogP contribution in [0.3, 0.4) is 0 Å². The lowest BCUT2D eigenvalue weighted by Crippen LogP contribution is -2.13. The summed E-state index contributed by atoms with van der Waals surface area (Å²) in [6.07, 6.45) is 0. The number of rotatable bonds is 4. The fourth-order valence-corrected chi connectivity index (χ4v) is 3.10. The maximum absolute atomic E-state index is 12.2. The van der Waals surface area contributed by atoms with Crippen LogP contribution in [0.4, 0.5) is 11.4 Å². The lowest BCUT2D eigenvalue weighted by atomic mass is 10.3. The Labute approximate surface area is 138 Å². The van der Waals surface area contributed by atoms with Crippen LogP contribution in [0.5, 0.6) is 0 Å². The quantitative estimate of drug-likeness (QED) is 0.873. The predicted molar refractivity (Wildman–Crippen MR) is 88.0 cm³/mol. The Morgan fingerprint density at radius 1 is 1.05 bits per heavy atom. The highest BCUT2D eigenvalue weighted by Gasteiger charge is 2.14. The molecule has 116 valence electrons. The standard InChI is InChI=1S/C14H12Cl2N2O3S/c1-9(19)17-14-7-4-11(8-13(14)16)18-22(20,21)12-5-2-10(15)3-6-12/h2-8,18H,1H3,(H,17,19). The number of halogens is 2. The zero-order valence-corrected chi connectivity index (χ0v) is 13.8. The molecule has 8 heteroatoms. The molecule has 2 aromatic rings. The fraction of sp³-hybridized carbons (Fsp3) is 0.0714. The first-order chi connectivity index (χ1) is 10.3. The summed E-state index contributed by atoms with van der Waals surface area (Å²) in [7, 11) is -3.74. The van der Waals surface area contributed by atoms with Crippen LogP contribution in [0.25, 0.3) is 0 Å². The summed E-state index contributed by atoms with van der Waals surface area (Å²) in [5.74, 6) is -0.267. The Morgan fingerprint density at radius 2 is 1.68 bits per heavy atom. The molecule has 0 aliphatic carbocycles. The van der Waals surface area contributed by atoms with Crippen molar-refractivity contribution < 1.29 is 13.2 Å². The van der Waals surface area contributed by atoms with Crippen molar-refractivity contribution in [2.45, 2.75) is 11.8 Å². The summed E-state index contributed by atoms with van der Waals surface area (Å²) in [6, 6.07) is 10.2. The number of amides is 1. The second-order valence-electron chi connectivity index (χ2n) is 4.44. The number of anilines is 2. The van der Waals surface area contributed by atoms with Crippen LogP contribution in [-0.4, -0.2) is 14.3 Å². The Morgan fingerprint density at radius 3 is 2.23 bits per heavy atom. The van der Waals surface area contributed by atoms with E-state index >= 15 is 0 Å². The highest BCUT2D eigenvalue weighted by atomic mass is 35.5. The molecule has 1 amide bonds. The molecular weight excluding hydrogens is 347 g/mol. The topological polar surface area (TPSA) is 75.3 Å². The van der Waals surface area contributed by atoms with Gasteiger partial charge in [0.1, 0.15) is 0 Å². The SMILES string of the molecule is CC(=O)Nc1ccc(NS(=O)(=O)c2ccc(Cl)cc2)cc1Cl. The second kappa shape index (κ2) is 6.56. The van der Waals surface area contributed by atoms with Gasteiger partial charge in [0, 0.05) is 11.9 Å². The molecule has 2 aromatic carbocycles. The predicted octanol–water partition coefficient (Wildman–Crippen LogP) is 3.75. The summed E-state index contributed by atoms with van der Waals surface area (Å²) in [4.78, 5) is 11.1. The Balaban J connectivity index is 2.24. The smallest absolute Gasteiger partial charge is 0.261 e. The molecule has 0 aromatic heterocycles. The van der Waals surface area contributed by atoms with Gasteiger partial charge in [0.05, 0.1) is 21.3 Å². The van der Waals surface area contributed by atoms with Gasteiger partial charge in [-0.15, -0.1) is 0 Å². The number of carbonyl (C=O) groups excluding carboxylic acids is 1. The van der Waals surface area contributed by atoms with Gasteiger partial charge in [-0.1, -0.05) is 23.2 Å². The van der Waals surface area contributed by atoms with Crippen molar-refractivity contribution in [1.82, 2.24) is 0 Å². The molecule has 2 N–H and O–H groups in total. The van der Waals surface area contributed by atoms with Crippen LogP contribution in [0.2, 0.25) is 10.0 Å². The number of nitrogens with one attached hydrogen (secondary N) is 2. The fourth-order valence-electron chi connectivity index (χ4n) is 1.70. The Hall–Kier alpha value is -1.76. The molecule has 0 unspecified atom stereocenters. The first-order valence-electron chi connectivity index (χ1n) is 6.13. The second-order valence-corrected chi connectivity index (χ2v) is 6.96. The molecule has 0 saturated heterocycles. The van der Waals surface area contributed by atoms with E-state index in [0.717, 1.165) is 0 Å². The van der Waals surface area contributed by atoms with Crippen molar-refractivity contribution in [3.63, 3.8) is 0 Å². The van der Waals surface area contributed by atoms with Crippen molar-refractivity contribution in [3.05, 3.63) is 52.5 Å². The van der Waals surface area contributed by atoms with Gasteiger partial charge < -0.3 is 5.32 Å². The van der Waals surface area contributed by atoms with Gasteiger partial charge >= 0.3 is 0 Å². The minimum absolute atomic E-state index is 0.0824. The van der Waals surface area contributed by atoms with Crippen LogP contribution < -0.4 is 10.0 Å². The van der Waals surface area contributed by atoms with Crippen molar-refractivity contribution in [1.29, 1.82) is 0 Å². The van der Waals surface area contributed by atoms with Crippen LogP contribution in [0, 0.1) is 0 Å². The summed E-state index contributed by atoms with van der Waals surface area (Å²) >= 11 is 11.7. The van der Waals surface area contributed by atoms with Gasteiger partial charge in [0.25, 0.3) is 10.0 Å². The molecule has 0 atom stereocenters. The van der Waals surface area contributed by atoms with Crippen molar-refractivity contribution in [2.24, 2.45) is 0 Å². The van der Waals surface area contributed by atoms with E-state index in [1.165, 1.54) is 49.4 Å². The average Bonchev–Trinajstić information content (AvgIpc) is 2.41. The largest absolute Gasteiger partial charge is 0.325 e. The van der Waals surface area contributed by atoms with Gasteiger partial charge in [-0.2, -0.15) is 0 Å². The Kier molecular flexibility index (Phi) is 4.95. The van der Waals surface area contributed by atoms with E-state index in [0.29, 0.717) is 10.7 Å². The molecule has 0 aliphatic rings. The van der Waals surface area contributed by atoms with Crippen LogP contribution in [0.15, 0.2) is 47.4 Å². The molecule has 2 rings (SSSR count). The minimum Gasteiger partial charge on any atom is -0.325 e. The van der Waals surface area contributed by atoms with E-state index in [9.17, 15) is 13.2 Å². The third-order valence-electron chi connectivity index (χ3n) is 2.66. The molecule has 0 fully saturated rings. The molecule has 0 aliphatic heterocycles. The van der Waals surface area contributed by atoms with E-state index in [2.05, 4.69) is 10.0 Å². The van der Waals surface area contributed by atoms with Gasteiger partial charge in [0.15, 0.2) is 0 Å². The van der Waals surface area contributed by atoms with Crippen LogP contribution in [-0.2, 0) is 14.8 Å². The number of sulfonamides is 1. The lowest BCUT2D eigenvalue weighted by molar-refractivity contribution is -0.114. The molecule has 22 heavy (non-hydrogen) atoms. The van der Waals surface area contributed by atoms with Crippen molar-refractivity contribution in [2.75, 3.05) is 10.0 Å². The van der Waals surface area contributed by atoms with Gasteiger partial charge in [-0.25, -0.2) is 8.42 Å². The molecule has 5 nitrogen and oxygen atoms in total. The number of hydrogen-bond donors (Lipinski definition) is 2. The van der Waals surface area contributed by atoms with E-state index in [1.54, 1.807) is 0 Å². The lowest BCUT2D eigenvalue weighted by Gasteiger charge is -2.10. The third kappa shape index (κ3) is 4.13. The monoisotopic (exact) mass is 358 g/mol. The molecule has 0 radical (unpaired) electrons. The van der Waals surface area contributed by atoms with Gasteiger partial charge in [0.2, 0.25) is 5.91 Å².